The van der Waals surface area contributed by atoms with Gasteiger partial charge in [0.1, 0.15) is 23.7 Å². The zero-order valence-corrected chi connectivity index (χ0v) is 22.4. The van der Waals surface area contributed by atoms with Crippen LogP contribution in [0, 0.1) is 30.0 Å². The summed E-state index contributed by atoms with van der Waals surface area (Å²) in [5, 5.41) is 24.1. The lowest BCUT2D eigenvalue weighted by Gasteiger charge is -2.30. The molecule has 214 valence electrons. The summed E-state index contributed by atoms with van der Waals surface area (Å²) in [6.45, 7) is 4.31. The number of hydrogen-bond donors (Lipinski definition) is 4. The number of halogens is 1. The van der Waals surface area contributed by atoms with Crippen LogP contribution < -0.4 is 21.3 Å². The summed E-state index contributed by atoms with van der Waals surface area (Å²) < 4.78 is 23.7. The first kappa shape index (κ1) is 30.1. The Bertz CT molecular complexity index is 1230. The summed E-state index contributed by atoms with van der Waals surface area (Å²) in [5.74, 6) is -2.21. The summed E-state index contributed by atoms with van der Waals surface area (Å²) in [7, 11) is 0. The Kier molecular flexibility index (Phi) is 11.0. The first-order chi connectivity index (χ1) is 19.2. The molecule has 0 saturated carbocycles. The summed E-state index contributed by atoms with van der Waals surface area (Å²) in [6.07, 6.45) is -0.373. The molecule has 2 heterocycles. The van der Waals surface area contributed by atoms with E-state index in [2.05, 4.69) is 26.4 Å². The van der Waals surface area contributed by atoms with E-state index in [1.54, 1.807) is 6.92 Å². The second-order valence-electron chi connectivity index (χ2n) is 9.54. The molecule has 4 atom stereocenters. The normalized spacial score (nSPS) is 16.9. The lowest BCUT2D eigenvalue weighted by atomic mass is 9.89. The molecule has 13 heteroatoms. The van der Waals surface area contributed by atoms with E-state index in [9.17, 15) is 28.8 Å². The Balaban J connectivity index is 1.84. The smallest absolute Gasteiger partial charge is 0.408 e. The van der Waals surface area contributed by atoms with Crippen LogP contribution in [0.1, 0.15) is 54.4 Å². The van der Waals surface area contributed by atoms with Gasteiger partial charge in [0.2, 0.25) is 17.9 Å². The summed E-state index contributed by atoms with van der Waals surface area (Å²) in [4.78, 5) is 51.1. The molecule has 1 saturated heterocycles. The molecule has 2 aromatic rings. The Hall–Kier alpha value is -4.47. The first-order valence-electron chi connectivity index (χ1n) is 13.1. The molecule has 1 fully saturated rings. The van der Waals surface area contributed by atoms with E-state index < -0.39 is 47.8 Å². The Labute approximate surface area is 231 Å². The molecule has 0 spiro atoms. The number of aromatic nitrogens is 1. The van der Waals surface area contributed by atoms with Gasteiger partial charge in [0.25, 0.3) is 5.91 Å². The van der Waals surface area contributed by atoms with E-state index in [4.69, 9.17) is 9.26 Å². The number of carbonyl (C=O) groups is 4. The molecule has 3 rings (SSSR count). The maximum absolute atomic E-state index is 13.6. The number of aryl methyl sites for hydroxylation is 1. The number of alkyl carbamates (subject to hydrolysis) is 1. The monoisotopic (exact) mass is 556 g/mol. The van der Waals surface area contributed by atoms with Crippen LogP contribution in [-0.4, -0.2) is 60.2 Å². The topological polar surface area (TPSA) is 175 Å². The zero-order valence-electron chi connectivity index (χ0n) is 22.4. The Morgan fingerprint density at radius 2 is 2.02 bits per heavy atom. The van der Waals surface area contributed by atoms with Gasteiger partial charge in [0, 0.05) is 31.5 Å². The van der Waals surface area contributed by atoms with Crippen molar-refractivity contribution in [3.05, 3.63) is 53.2 Å². The number of amides is 4. The molecule has 0 aliphatic carbocycles. The van der Waals surface area contributed by atoms with Gasteiger partial charge < -0.3 is 30.5 Å². The van der Waals surface area contributed by atoms with Crippen molar-refractivity contribution in [2.24, 2.45) is 5.92 Å². The number of nitrogens with zero attached hydrogens (tertiary/aromatic N) is 2. The third-order valence-corrected chi connectivity index (χ3v) is 6.35. The van der Waals surface area contributed by atoms with Crippen molar-refractivity contribution in [3.8, 4) is 6.07 Å². The minimum atomic E-state index is -1.42. The first-order valence-corrected chi connectivity index (χ1v) is 13.1. The molecular weight excluding hydrogens is 523 g/mol. The largest absolute Gasteiger partial charge is 0.429 e. The van der Waals surface area contributed by atoms with Crippen LogP contribution in [0.5, 0.6) is 0 Å². The molecule has 4 N–H and O–H groups in total. The number of piperidine rings is 1. The molecule has 1 aliphatic heterocycles. The molecule has 0 radical (unpaired) electrons. The van der Waals surface area contributed by atoms with Crippen molar-refractivity contribution in [1.82, 2.24) is 26.4 Å². The number of nitrogens with one attached hydrogen (secondary N) is 4. The minimum Gasteiger partial charge on any atom is -0.429 e. The molecule has 0 unspecified atom stereocenters. The van der Waals surface area contributed by atoms with E-state index in [-0.39, 0.29) is 24.4 Å². The van der Waals surface area contributed by atoms with Crippen molar-refractivity contribution in [3.63, 3.8) is 0 Å². The fourth-order valence-corrected chi connectivity index (χ4v) is 4.26. The van der Waals surface area contributed by atoms with Crippen molar-refractivity contribution in [1.29, 1.82) is 5.26 Å². The third-order valence-electron chi connectivity index (χ3n) is 6.35. The fraction of sp³-hybridized carbons (Fsp3) is 0.481. The van der Waals surface area contributed by atoms with Crippen molar-refractivity contribution in [2.75, 3.05) is 13.1 Å². The molecule has 1 aliphatic rings. The second kappa shape index (κ2) is 14.6. The predicted octanol–water partition coefficient (Wildman–Crippen LogP) is 1.89. The van der Waals surface area contributed by atoms with Gasteiger partial charge in [-0.25, -0.2) is 9.18 Å². The highest BCUT2D eigenvalue weighted by Gasteiger charge is 2.35. The number of ether oxygens (including phenoxy) is 1. The maximum Gasteiger partial charge on any atom is 0.408 e. The molecule has 4 amide bonds. The third kappa shape index (κ3) is 8.79. The highest BCUT2D eigenvalue weighted by molar-refractivity contribution is 5.96. The van der Waals surface area contributed by atoms with Crippen LogP contribution in [0.2, 0.25) is 0 Å². The predicted molar refractivity (Wildman–Crippen MR) is 139 cm³/mol. The number of hydrogen-bond acceptors (Lipinski definition) is 8. The zero-order chi connectivity index (χ0) is 29.1. The minimum absolute atomic E-state index is 0.0244. The summed E-state index contributed by atoms with van der Waals surface area (Å²) in [5.41, 5.74) is 0.504. The van der Waals surface area contributed by atoms with Gasteiger partial charge in [0.15, 0.2) is 5.69 Å². The van der Waals surface area contributed by atoms with Crippen LogP contribution in [0.25, 0.3) is 0 Å². The standard InChI is InChI=1S/C27H33FN6O6/c1-3-10-31-27(38)39-23(15-29)20(14-18-5-4-11-30-24(18)35)32-25(36)21(13-17-6-8-19(28)9-7-17)33-26(37)22-12-16(2)40-34-22/h6-9,12,18,20-21,23H,3-5,10-11,13-14H2,1-2H3,(H,30,35)(H,31,38)(H,32,36)(H,33,37)/t18-,20-,21-,23-/m0/s1. The Morgan fingerprint density at radius 1 is 1.27 bits per heavy atom. The van der Waals surface area contributed by atoms with Crippen molar-refractivity contribution in [2.45, 2.75) is 64.1 Å². The van der Waals surface area contributed by atoms with Crippen molar-refractivity contribution >= 4 is 23.8 Å². The number of carbonyl (C=O) groups excluding carboxylic acids is 4. The van der Waals surface area contributed by atoms with Crippen LogP contribution >= 0.6 is 0 Å². The molecule has 1 aromatic carbocycles. The van der Waals surface area contributed by atoms with Crippen LogP contribution in [0.3, 0.4) is 0 Å². The molecule has 1 aromatic heterocycles. The van der Waals surface area contributed by atoms with Gasteiger partial charge in [-0.15, -0.1) is 0 Å². The highest BCUT2D eigenvalue weighted by atomic mass is 19.1. The van der Waals surface area contributed by atoms with Gasteiger partial charge in [-0.1, -0.05) is 24.2 Å². The van der Waals surface area contributed by atoms with E-state index in [1.165, 1.54) is 30.3 Å². The van der Waals surface area contributed by atoms with Gasteiger partial charge in [0.05, 0.1) is 6.04 Å². The average molecular weight is 557 g/mol. The van der Waals surface area contributed by atoms with Crippen molar-refractivity contribution < 1.29 is 32.8 Å². The van der Waals surface area contributed by atoms with Gasteiger partial charge in [-0.3, -0.25) is 14.4 Å². The van der Waals surface area contributed by atoms with Crippen LogP contribution in [-0.2, 0) is 20.7 Å². The maximum atomic E-state index is 13.6. The summed E-state index contributed by atoms with van der Waals surface area (Å²) >= 11 is 0. The fourth-order valence-electron chi connectivity index (χ4n) is 4.26. The molecule has 12 nitrogen and oxygen atoms in total. The number of benzene rings is 1. The highest BCUT2D eigenvalue weighted by Crippen LogP contribution is 2.20. The van der Waals surface area contributed by atoms with Crippen LogP contribution in [0.4, 0.5) is 9.18 Å². The van der Waals surface area contributed by atoms with Gasteiger partial charge >= 0.3 is 6.09 Å². The molecular formula is C27H33FN6O6. The molecule has 0 bridgehead atoms. The van der Waals surface area contributed by atoms with Gasteiger partial charge in [-0.05, 0) is 50.3 Å². The van der Waals surface area contributed by atoms with Crippen LogP contribution in [0.15, 0.2) is 34.9 Å². The quantitative estimate of drug-likeness (QED) is 0.306. The van der Waals surface area contributed by atoms with E-state index in [0.29, 0.717) is 43.7 Å². The number of nitriles is 1. The Morgan fingerprint density at radius 3 is 2.65 bits per heavy atom. The summed E-state index contributed by atoms with van der Waals surface area (Å²) in [6, 6.07) is 6.46. The molecule has 40 heavy (non-hydrogen) atoms. The lowest BCUT2D eigenvalue weighted by Crippen LogP contribution is -2.55. The van der Waals surface area contributed by atoms with E-state index >= 15 is 0 Å². The SMILES string of the molecule is CCCNC(=O)O[C@@H](C#N)[C@H](C[C@@H]1CCCNC1=O)NC(=O)[C@H](Cc1ccc(F)cc1)NC(=O)c1cc(C)on1. The van der Waals surface area contributed by atoms with E-state index in [1.807, 2.05) is 13.0 Å². The van der Waals surface area contributed by atoms with E-state index in [0.717, 1.165) is 0 Å². The number of rotatable bonds is 12. The van der Waals surface area contributed by atoms with Gasteiger partial charge in [-0.2, -0.15) is 5.26 Å². The average Bonchev–Trinajstić information content (AvgIpc) is 3.38. The lowest BCUT2D eigenvalue weighted by molar-refractivity contribution is -0.129. The second-order valence-corrected chi connectivity index (χ2v) is 9.54.